The van der Waals surface area contributed by atoms with E-state index in [1.54, 1.807) is 36.4 Å². The number of aromatic amines is 1. The van der Waals surface area contributed by atoms with Gasteiger partial charge in [-0.2, -0.15) is 0 Å². The fraction of sp³-hybridized carbons (Fsp3) is 0.105. The molecule has 142 valence electrons. The van der Waals surface area contributed by atoms with E-state index in [-0.39, 0.29) is 11.4 Å². The van der Waals surface area contributed by atoms with Gasteiger partial charge in [-0.3, -0.25) is 9.89 Å². The van der Waals surface area contributed by atoms with Crippen molar-refractivity contribution in [3.05, 3.63) is 75.8 Å². The van der Waals surface area contributed by atoms with Gasteiger partial charge in [-0.25, -0.2) is 18.9 Å². The van der Waals surface area contributed by atoms with Crippen molar-refractivity contribution in [1.82, 2.24) is 19.6 Å². The molecule has 0 aliphatic rings. The summed E-state index contributed by atoms with van der Waals surface area (Å²) in [5, 5.41) is 3.85. The lowest BCUT2D eigenvalue weighted by Crippen LogP contribution is -2.06. The summed E-state index contributed by atoms with van der Waals surface area (Å²) in [6, 6.07) is 14.5. The molecule has 0 atom stereocenters. The minimum absolute atomic E-state index is 0.287. The number of aromatic nitrogens is 4. The first-order valence-electron chi connectivity index (χ1n) is 8.35. The number of fused-ring (bicyclic) bond motifs is 1. The first-order chi connectivity index (χ1) is 13.6. The lowest BCUT2D eigenvalue weighted by Gasteiger charge is -2.08. The topological polar surface area (TPSA) is 72.3 Å². The van der Waals surface area contributed by atoms with E-state index in [0.29, 0.717) is 45.3 Å². The van der Waals surface area contributed by atoms with E-state index < -0.39 is 0 Å². The van der Waals surface area contributed by atoms with Crippen LogP contribution in [0.15, 0.2) is 64.5 Å². The van der Waals surface area contributed by atoms with E-state index >= 15 is 0 Å². The molecular weight excluding hydrogens is 403 g/mol. The summed E-state index contributed by atoms with van der Waals surface area (Å²) < 4.78 is 20.7. The molecular formula is C19H14ClFN4O2S. The minimum atomic E-state index is -0.377. The van der Waals surface area contributed by atoms with E-state index in [1.165, 1.54) is 34.5 Å². The lowest BCUT2D eigenvalue weighted by molar-refractivity contribution is 0.344. The van der Waals surface area contributed by atoms with Crippen molar-refractivity contribution >= 4 is 29.0 Å². The molecule has 4 rings (SSSR count). The maximum atomic E-state index is 13.6. The number of hydrogen-bond acceptors (Lipinski definition) is 5. The second-order valence-corrected chi connectivity index (χ2v) is 7.30. The molecule has 0 bridgehead atoms. The van der Waals surface area contributed by atoms with Crippen molar-refractivity contribution in [3.8, 4) is 17.1 Å². The van der Waals surface area contributed by atoms with Crippen molar-refractivity contribution in [2.24, 2.45) is 0 Å². The number of halogens is 2. The monoisotopic (exact) mass is 416 g/mol. The van der Waals surface area contributed by atoms with E-state index in [9.17, 15) is 9.18 Å². The van der Waals surface area contributed by atoms with Gasteiger partial charge in [-0.1, -0.05) is 35.5 Å². The number of benzene rings is 2. The zero-order chi connectivity index (χ0) is 19.5. The van der Waals surface area contributed by atoms with Crippen molar-refractivity contribution in [2.45, 2.75) is 5.16 Å². The zero-order valence-electron chi connectivity index (χ0n) is 14.4. The second-order valence-electron chi connectivity index (χ2n) is 5.80. The number of rotatable bonds is 6. The average molecular weight is 417 g/mol. The van der Waals surface area contributed by atoms with Crippen LogP contribution in [0.5, 0.6) is 5.75 Å². The van der Waals surface area contributed by atoms with Gasteiger partial charge < -0.3 is 4.74 Å². The molecule has 0 amide bonds. The third-order valence-corrected chi connectivity index (χ3v) is 4.96. The van der Waals surface area contributed by atoms with Gasteiger partial charge in [-0.05, 0) is 36.4 Å². The molecule has 0 aliphatic carbocycles. The Hall–Kier alpha value is -2.84. The predicted octanol–water partition coefficient (Wildman–Crippen LogP) is 4.05. The number of nitrogens with zero attached hydrogens (tertiary/aromatic N) is 3. The Bertz CT molecular complexity index is 1180. The number of ether oxygens (including phenoxy) is 1. The Morgan fingerprint density at radius 2 is 1.96 bits per heavy atom. The van der Waals surface area contributed by atoms with Crippen molar-refractivity contribution in [1.29, 1.82) is 0 Å². The smallest absolute Gasteiger partial charge is 0.266 e. The van der Waals surface area contributed by atoms with Gasteiger partial charge in [0.15, 0.2) is 16.6 Å². The molecule has 2 heterocycles. The van der Waals surface area contributed by atoms with Gasteiger partial charge in [0.05, 0.1) is 6.61 Å². The van der Waals surface area contributed by atoms with Crippen LogP contribution in [-0.2, 0) is 0 Å². The molecule has 0 saturated heterocycles. The Morgan fingerprint density at radius 3 is 2.75 bits per heavy atom. The molecule has 0 saturated carbocycles. The average Bonchev–Trinajstić information content (AvgIpc) is 3.07. The summed E-state index contributed by atoms with van der Waals surface area (Å²) in [4.78, 5) is 20.6. The minimum Gasteiger partial charge on any atom is -0.493 e. The van der Waals surface area contributed by atoms with Crippen molar-refractivity contribution in [2.75, 3.05) is 12.4 Å². The lowest BCUT2D eigenvalue weighted by atomic mass is 10.2. The van der Waals surface area contributed by atoms with Crippen LogP contribution in [0.25, 0.3) is 17.0 Å². The van der Waals surface area contributed by atoms with Gasteiger partial charge in [0.25, 0.3) is 5.56 Å². The fourth-order valence-corrected chi connectivity index (χ4v) is 3.46. The molecule has 0 fully saturated rings. The third-order valence-electron chi connectivity index (χ3n) is 3.80. The number of H-pyrrole nitrogens is 1. The maximum absolute atomic E-state index is 13.6. The molecule has 0 aliphatic heterocycles. The Kier molecular flexibility index (Phi) is 5.31. The summed E-state index contributed by atoms with van der Waals surface area (Å²) in [5.74, 6) is 1.27. The predicted molar refractivity (Wildman–Crippen MR) is 107 cm³/mol. The molecule has 9 heteroatoms. The molecule has 2 aromatic heterocycles. The quantitative estimate of drug-likeness (QED) is 0.379. The molecule has 1 N–H and O–H groups in total. The number of thioether (sulfide) groups is 1. The highest BCUT2D eigenvalue weighted by molar-refractivity contribution is 7.99. The van der Waals surface area contributed by atoms with Gasteiger partial charge in [-0.15, -0.1) is 0 Å². The SMILES string of the molecule is O=c1cc2nc(-c3cccc(F)c3)nc(SCCOc3ccc(Cl)cc3)n2[nH]1. The molecule has 0 radical (unpaired) electrons. The Morgan fingerprint density at radius 1 is 1.14 bits per heavy atom. The van der Waals surface area contributed by atoms with Crippen LogP contribution in [0.1, 0.15) is 0 Å². The van der Waals surface area contributed by atoms with E-state index in [2.05, 4.69) is 15.1 Å². The van der Waals surface area contributed by atoms with Crippen LogP contribution in [-0.4, -0.2) is 31.9 Å². The molecule has 28 heavy (non-hydrogen) atoms. The highest BCUT2D eigenvalue weighted by atomic mass is 35.5. The van der Waals surface area contributed by atoms with Crippen LogP contribution in [0.4, 0.5) is 4.39 Å². The largest absolute Gasteiger partial charge is 0.493 e. The summed E-state index contributed by atoms with van der Waals surface area (Å²) in [7, 11) is 0. The first-order valence-corrected chi connectivity index (χ1v) is 9.72. The van der Waals surface area contributed by atoms with Crippen molar-refractivity contribution < 1.29 is 9.13 Å². The summed E-state index contributed by atoms with van der Waals surface area (Å²) >= 11 is 7.25. The third kappa shape index (κ3) is 4.18. The normalized spacial score (nSPS) is 11.1. The van der Waals surface area contributed by atoms with Gasteiger partial charge in [0.2, 0.25) is 0 Å². The summed E-state index contributed by atoms with van der Waals surface area (Å²) in [5.41, 5.74) is 0.667. The van der Waals surface area contributed by atoms with Crippen LogP contribution >= 0.6 is 23.4 Å². The zero-order valence-corrected chi connectivity index (χ0v) is 16.0. The van der Waals surface area contributed by atoms with Gasteiger partial charge in [0, 0.05) is 22.4 Å². The fourth-order valence-electron chi connectivity index (χ4n) is 2.56. The number of hydrogen-bond donors (Lipinski definition) is 1. The summed E-state index contributed by atoms with van der Waals surface area (Å²) in [6.07, 6.45) is 0. The molecule has 4 aromatic rings. The van der Waals surface area contributed by atoms with Gasteiger partial charge >= 0.3 is 0 Å². The maximum Gasteiger partial charge on any atom is 0.266 e. The van der Waals surface area contributed by atoms with Crippen LogP contribution in [0.3, 0.4) is 0 Å². The standard InChI is InChI=1S/C19H14ClFN4O2S/c20-13-4-6-15(7-5-13)27-8-9-28-19-23-18(12-2-1-3-14(21)10-12)22-16-11-17(26)24-25(16)19/h1-7,10-11H,8-9H2,(H,24,26). The van der Waals surface area contributed by atoms with Crippen LogP contribution < -0.4 is 10.3 Å². The molecule has 2 aromatic carbocycles. The Labute approximate surface area is 168 Å². The first kappa shape index (κ1) is 18.5. The summed E-state index contributed by atoms with van der Waals surface area (Å²) in [6.45, 7) is 0.429. The van der Waals surface area contributed by atoms with Crippen molar-refractivity contribution in [3.63, 3.8) is 0 Å². The highest BCUT2D eigenvalue weighted by Crippen LogP contribution is 2.22. The van der Waals surface area contributed by atoms with E-state index in [1.807, 2.05) is 0 Å². The molecule has 0 unspecified atom stereocenters. The molecule has 6 nitrogen and oxygen atoms in total. The number of nitrogens with one attached hydrogen (secondary N) is 1. The van der Waals surface area contributed by atoms with E-state index in [0.717, 1.165) is 0 Å². The van der Waals surface area contributed by atoms with Crippen LogP contribution in [0.2, 0.25) is 5.02 Å². The van der Waals surface area contributed by atoms with Crippen LogP contribution in [0, 0.1) is 5.82 Å². The Balaban J connectivity index is 1.55. The molecule has 0 spiro atoms. The van der Waals surface area contributed by atoms with Gasteiger partial charge in [0.1, 0.15) is 11.6 Å². The highest BCUT2D eigenvalue weighted by Gasteiger charge is 2.12. The second kappa shape index (κ2) is 8.04. The van der Waals surface area contributed by atoms with E-state index in [4.69, 9.17) is 16.3 Å².